The third-order valence-electron chi connectivity index (χ3n) is 4.87. The van der Waals surface area contributed by atoms with E-state index >= 15 is 0 Å². The first-order valence-electron chi connectivity index (χ1n) is 9.46. The molecular formula is C20H27IN4O2S. The van der Waals surface area contributed by atoms with Gasteiger partial charge in [-0.2, -0.15) is 0 Å². The normalized spacial score (nSPS) is 17.0. The number of hydrogen-bond acceptors (Lipinski definition) is 5. The highest BCUT2D eigenvalue weighted by Gasteiger charge is 2.20. The molecule has 3 heterocycles. The van der Waals surface area contributed by atoms with E-state index in [0.717, 1.165) is 55.6 Å². The van der Waals surface area contributed by atoms with Crippen molar-refractivity contribution < 1.29 is 9.47 Å². The summed E-state index contributed by atoms with van der Waals surface area (Å²) >= 11 is 1.80. The van der Waals surface area contributed by atoms with Gasteiger partial charge in [-0.25, -0.2) is 0 Å². The lowest BCUT2D eigenvalue weighted by molar-refractivity contribution is 0.297. The van der Waals surface area contributed by atoms with Crippen LogP contribution in [-0.4, -0.2) is 57.3 Å². The first-order chi connectivity index (χ1) is 13.3. The van der Waals surface area contributed by atoms with Crippen LogP contribution in [0.25, 0.3) is 0 Å². The Balaban J connectivity index is 0.00000225. The molecule has 0 aliphatic carbocycles. The number of anilines is 1. The molecule has 1 aromatic heterocycles. The molecule has 0 unspecified atom stereocenters. The predicted octanol–water partition coefficient (Wildman–Crippen LogP) is 3.43. The fraction of sp³-hybridized carbons (Fsp3) is 0.450. The van der Waals surface area contributed by atoms with Gasteiger partial charge in [-0.15, -0.1) is 35.3 Å². The molecule has 2 aliphatic heterocycles. The number of piperazine rings is 1. The van der Waals surface area contributed by atoms with Crippen molar-refractivity contribution in [3.8, 4) is 11.5 Å². The van der Waals surface area contributed by atoms with Gasteiger partial charge >= 0.3 is 0 Å². The summed E-state index contributed by atoms with van der Waals surface area (Å²) in [4.78, 5) is 9.25. The van der Waals surface area contributed by atoms with Crippen LogP contribution in [0.2, 0.25) is 0 Å². The van der Waals surface area contributed by atoms with E-state index in [1.54, 1.807) is 11.3 Å². The first-order valence-corrected chi connectivity index (χ1v) is 10.3. The molecule has 1 fully saturated rings. The molecule has 2 aliphatic rings. The summed E-state index contributed by atoms with van der Waals surface area (Å²) in [6.45, 7) is 6.12. The van der Waals surface area contributed by atoms with E-state index in [1.807, 2.05) is 13.1 Å². The number of aliphatic imine (C=N–C) groups is 1. The van der Waals surface area contributed by atoms with E-state index in [-0.39, 0.29) is 24.0 Å². The average molecular weight is 514 g/mol. The fourth-order valence-corrected chi connectivity index (χ4v) is 4.20. The maximum absolute atomic E-state index is 5.79. The number of fused-ring (bicyclic) bond motifs is 1. The lowest BCUT2D eigenvalue weighted by Crippen LogP contribution is -2.52. The smallest absolute Gasteiger partial charge is 0.194 e. The largest absolute Gasteiger partial charge is 0.490 e. The molecule has 8 heteroatoms. The third-order valence-corrected chi connectivity index (χ3v) is 5.80. The van der Waals surface area contributed by atoms with Gasteiger partial charge in [0.05, 0.1) is 18.2 Å². The topological polar surface area (TPSA) is 49.3 Å². The molecule has 0 spiro atoms. The summed E-state index contributed by atoms with van der Waals surface area (Å²) in [5.74, 6) is 2.63. The van der Waals surface area contributed by atoms with Gasteiger partial charge in [-0.05, 0) is 35.2 Å². The maximum Gasteiger partial charge on any atom is 0.194 e. The van der Waals surface area contributed by atoms with Crippen LogP contribution in [0.5, 0.6) is 11.5 Å². The van der Waals surface area contributed by atoms with Crippen molar-refractivity contribution in [2.45, 2.75) is 13.0 Å². The number of ether oxygens (including phenoxy) is 2. The molecule has 0 bridgehead atoms. The average Bonchev–Trinajstić information content (AvgIpc) is 3.15. The molecule has 6 nitrogen and oxygen atoms in total. The second-order valence-electron chi connectivity index (χ2n) is 6.66. The van der Waals surface area contributed by atoms with Crippen molar-refractivity contribution >= 4 is 46.3 Å². The SMILES string of the molecule is CN=C(NCc1ccc2c(c1)OCCCO2)N1CCN(c2cccs2)CC1.I. The number of nitrogens with one attached hydrogen (secondary N) is 1. The zero-order chi connectivity index (χ0) is 18.5. The quantitative estimate of drug-likeness (QED) is 0.387. The molecule has 28 heavy (non-hydrogen) atoms. The van der Waals surface area contributed by atoms with E-state index < -0.39 is 0 Å². The maximum atomic E-state index is 5.79. The van der Waals surface area contributed by atoms with E-state index in [1.165, 1.54) is 5.00 Å². The predicted molar refractivity (Wildman–Crippen MR) is 126 cm³/mol. The van der Waals surface area contributed by atoms with E-state index in [0.29, 0.717) is 19.8 Å². The van der Waals surface area contributed by atoms with Crippen molar-refractivity contribution in [1.29, 1.82) is 0 Å². The van der Waals surface area contributed by atoms with Crippen LogP contribution in [-0.2, 0) is 6.54 Å². The zero-order valence-electron chi connectivity index (χ0n) is 16.1. The highest BCUT2D eigenvalue weighted by atomic mass is 127. The van der Waals surface area contributed by atoms with E-state index in [4.69, 9.17) is 9.47 Å². The molecule has 4 rings (SSSR count). The van der Waals surface area contributed by atoms with Gasteiger partial charge in [-0.1, -0.05) is 6.07 Å². The number of halogens is 1. The summed E-state index contributed by atoms with van der Waals surface area (Å²) in [6.07, 6.45) is 0.923. The van der Waals surface area contributed by atoms with Crippen molar-refractivity contribution in [1.82, 2.24) is 10.2 Å². The van der Waals surface area contributed by atoms with E-state index in [2.05, 4.69) is 49.8 Å². The molecule has 2 aromatic rings. The number of hydrogen-bond donors (Lipinski definition) is 1. The Morgan fingerprint density at radius 3 is 2.61 bits per heavy atom. The van der Waals surface area contributed by atoms with Crippen molar-refractivity contribution in [2.24, 2.45) is 4.99 Å². The monoisotopic (exact) mass is 514 g/mol. The highest BCUT2D eigenvalue weighted by Crippen LogP contribution is 2.30. The molecule has 1 N–H and O–H groups in total. The van der Waals surface area contributed by atoms with Gasteiger partial charge in [0.1, 0.15) is 0 Å². The molecule has 0 amide bonds. The summed E-state index contributed by atoms with van der Waals surface area (Å²) in [6, 6.07) is 10.5. The van der Waals surface area contributed by atoms with Crippen molar-refractivity contribution in [3.63, 3.8) is 0 Å². The summed E-state index contributed by atoms with van der Waals surface area (Å²) < 4.78 is 11.5. The van der Waals surface area contributed by atoms with Gasteiger partial charge in [0.25, 0.3) is 0 Å². The van der Waals surface area contributed by atoms with E-state index in [9.17, 15) is 0 Å². The van der Waals surface area contributed by atoms with Crippen molar-refractivity contribution in [3.05, 3.63) is 41.3 Å². The summed E-state index contributed by atoms with van der Waals surface area (Å²) in [5.41, 5.74) is 1.16. The van der Waals surface area contributed by atoms with Crippen LogP contribution in [0.4, 0.5) is 5.00 Å². The van der Waals surface area contributed by atoms with Crippen LogP contribution in [0.15, 0.2) is 40.7 Å². The Bertz CT molecular complexity index is 777. The number of nitrogens with zero attached hydrogens (tertiary/aromatic N) is 3. The Morgan fingerprint density at radius 2 is 1.89 bits per heavy atom. The highest BCUT2D eigenvalue weighted by molar-refractivity contribution is 14.0. The number of guanidine groups is 1. The van der Waals surface area contributed by atoms with Crippen LogP contribution in [0.3, 0.4) is 0 Å². The molecule has 1 aromatic carbocycles. The Kier molecular flexibility index (Phi) is 7.66. The van der Waals surface area contributed by atoms with Crippen LogP contribution < -0.4 is 19.7 Å². The second-order valence-corrected chi connectivity index (χ2v) is 7.58. The number of benzene rings is 1. The Labute approximate surface area is 187 Å². The molecule has 0 atom stereocenters. The molecule has 1 saturated heterocycles. The third kappa shape index (κ3) is 5.02. The van der Waals surface area contributed by atoms with Crippen molar-refractivity contribution in [2.75, 3.05) is 51.3 Å². The minimum absolute atomic E-state index is 0. The number of rotatable bonds is 3. The minimum Gasteiger partial charge on any atom is -0.490 e. The molecule has 0 saturated carbocycles. The Hall–Kier alpha value is -1.68. The summed E-state index contributed by atoms with van der Waals surface area (Å²) in [5, 5.41) is 6.98. The standard InChI is InChI=1S/C20H26N4O2S.HI/c1-21-20(24-9-7-23(8-10-24)19-4-2-13-27-19)22-15-16-5-6-17-18(14-16)26-12-3-11-25-17;/h2,4-6,13-14H,3,7-12,15H2,1H3,(H,21,22);1H. The lowest BCUT2D eigenvalue weighted by atomic mass is 10.2. The molecular weight excluding hydrogens is 487 g/mol. The van der Waals surface area contributed by atoms with Gasteiger partial charge in [0.2, 0.25) is 0 Å². The second kappa shape index (κ2) is 10.2. The lowest BCUT2D eigenvalue weighted by Gasteiger charge is -2.37. The van der Waals surface area contributed by atoms with Gasteiger partial charge < -0.3 is 24.6 Å². The van der Waals surface area contributed by atoms with Gasteiger partial charge in [0.15, 0.2) is 17.5 Å². The van der Waals surface area contributed by atoms with Crippen LogP contribution in [0.1, 0.15) is 12.0 Å². The molecule has 152 valence electrons. The Morgan fingerprint density at radius 1 is 1.11 bits per heavy atom. The summed E-state index contributed by atoms with van der Waals surface area (Å²) in [7, 11) is 1.85. The fourth-order valence-electron chi connectivity index (χ4n) is 3.42. The van der Waals surface area contributed by atoms with Crippen LogP contribution in [0, 0.1) is 0 Å². The molecule has 0 radical (unpaired) electrons. The van der Waals surface area contributed by atoms with Crippen LogP contribution >= 0.6 is 35.3 Å². The van der Waals surface area contributed by atoms with Gasteiger partial charge in [-0.3, -0.25) is 4.99 Å². The van der Waals surface area contributed by atoms with Gasteiger partial charge in [0, 0.05) is 46.2 Å². The first kappa shape index (κ1) is 21.0. The number of thiophene rings is 1. The minimum atomic E-state index is 0. The zero-order valence-corrected chi connectivity index (χ0v) is 19.2.